The molecule has 1 aliphatic heterocycles. The molecule has 0 atom stereocenters. The molecule has 82 valence electrons. The first kappa shape index (κ1) is 10.3. The second-order valence-corrected chi connectivity index (χ2v) is 5.86. The first-order valence-electron chi connectivity index (χ1n) is 4.87. The zero-order chi connectivity index (χ0) is 11.1. The lowest BCUT2D eigenvalue weighted by molar-refractivity contribution is 0.599. The molecule has 0 radical (unpaired) electrons. The third kappa shape index (κ3) is 1.92. The van der Waals surface area contributed by atoms with Crippen LogP contribution in [0.15, 0.2) is 18.2 Å². The fourth-order valence-corrected chi connectivity index (χ4v) is 3.41. The molecule has 0 spiro atoms. The molecule has 1 saturated heterocycles. The molecule has 15 heavy (non-hydrogen) atoms. The van der Waals surface area contributed by atoms with Crippen LogP contribution in [0.4, 0.5) is 11.4 Å². The first-order chi connectivity index (χ1) is 6.99. The summed E-state index contributed by atoms with van der Waals surface area (Å²) in [6.45, 7) is 2.47. The Kier molecular flexibility index (Phi) is 2.34. The summed E-state index contributed by atoms with van der Waals surface area (Å²) in [4.78, 5) is 0. The first-order valence-corrected chi connectivity index (χ1v) is 6.47. The van der Waals surface area contributed by atoms with E-state index in [4.69, 9.17) is 5.73 Å². The smallest absolute Gasteiger partial charge is 0.235 e. The molecule has 4 nitrogen and oxygen atoms in total. The lowest BCUT2D eigenvalue weighted by Gasteiger charge is -2.17. The maximum Gasteiger partial charge on any atom is 0.235 e. The Bertz CT molecular complexity index is 462. The molecule has 0 bridgehead atoms. The molecule has 0 saturated carbocycles. The Morgan fingerprint density at radius 2 is 2.07 bits per heavy atom. The van der Waals surface area contributed by atoms with E-state index in [0.29, 0.717) is 24.3 Å². The molecule has 0 aromatic heterocycles. The number of nitrogens with zero attached hydrogens (tertiary/aromatic N) is 1. The monoisotopic (exact) mass is 226 g/mol. The van der Waals surface area contributed by atoms with E-state index >= 15 is 0 Å². The summed E-state index contributed by atoms with van der Waals surface area (Å²) in [5.74, 6) is 0.237. The number of rotatable bonds is 1. The van der Waals surface area contributed by atoms with Crippen molar-refractivity contribution in [1.29, 1.82) is 0 Å². The van der Waals surface area contributed by atoms with E-state index in [-0.39, 0.29) is 5.75 Å². The second-order valence-electron chi connectivity index (χ2n) is 3.84. The molecule has 1 aromatic carbocycles. The topological polar surface area (TPSA) is 63.4 Å². The van der Waals surface area contributed by atoms with Crippen LogP contribution in [0.2, 0.25) is 0 Å². The number of aryl methyl sites for hydroxylation is 1. The van der Waals surface area contributed by atoms with Gasteiger partial charge in [-0.1, -0.05) is 0 Å². The number of benzene rings is 1. The third-order valence-corrected chi connectivity index (χ3v) is 4.34. The minimum atomic E-state index is -3.10. The van der Waals surface area contributed by atoms with Crippen LogP contribution >= 0.6 is 0 Å². The molecule has 1 fully saturated rings. The zero-order valence-electron chi connectivity index (χ0n) is 8.60. The van der Waals surface area contributed by atoms with Gasteiger partial charge in [-0.3, -0.25) is 4.31 Å². The summed E-state index contributed by atoms with van der Waals surface area (Å²) in [5, 5.41) is 0. The van der Waals surface area contributed by atoms with Crippen LogP contribution in [0, 0.1) is 6.92 Å². The van der Waals surface area contributed by atoms with Gasteiger partial charge in [0.15, 0.2) is 0 Å². The van der Waals surface area contributed by atoms with Gasteiger partial charge in [0.05, 0.1) is 11.4 Å². The lowest BCUT2D eigenvalue weighted by atomic mass is 10.2. The van der Waals surface area contributed by atoms with Crippen molar-refractivity contribution < 1.29 is 8.42 Å². The predicted octanol–water partition coefficient (Wildman–Crippen LogP) is 1.12. The average Bonchev–Trinajstić information content (AvgIpc) is 2.43. The van der Waals surface area contributed by atoms with Gasteiger partial charge in [-0.05, 0) is 37.1 Å². The van der Waals surface area contributed by atoms with Gasteiger partial charge >= 0.3 is 0 Å². The van der Waals surface area contributed by atoms with Crippen molar-refractivity contribution in [3.63, 3.8) is 0 Å². The molecule has 1 aliphatic rings. The van der Waals surface area contributed by atoms with Gasteiger partial charge in [0.2, 0.25) is 10.0 Å². The van der Waals surface area contributed by atoms with Gasteiger partial charge in [0, 0.05) is 12.2 Å². The van der Waals surface area contributed by atoms with E-state index < -0.39 is 10.0 Å². The Balaban J connectivity index is 2.46. The molecule has 2 N–H and O–H groups in total. The number of sulfonamides is 1. The van der Waals surface area contributed by atoms with E-state index in [1.165, 1.54) is 4.31 Å². The van der Waals surface area contributed by atoms with Gasteiger partial charge in [0.25, 0.3) is 0 Å². The van der Waals surface area contributed by atoms with Crippen molar-refractivity contribution in [3.05, 3.63) is 23.8 Å². The second kappa shape index (κ2) is 3.41. The summed E-state index contributed by atoms with van der Waals surface area (Å²) < 4.78 is 24.8. The number of hydrogen-bond acceptors (Lipinski definition) is 3. The minimum Gasteiger partial charge on any atom is -0.399 e. The molecule has 0 unspecified atom stereocenters. The summed E-state index contributed by atoms with van der Waals surface area (Å²) >= 11 is 0. The van der Waals surface area contributed by atoms with Gasteiger partial charge in [-0.2, -0.15) is 0 Å². The lowest BCUT2D eigenvalue weighted by Crippen LogP contribution is -2.25. The molecular weight excluding hydrogens is 212 g/mol. The minimum absolute atomic E-state index is 0.237. The highest BCUT2D eigenvalue weighted by Gasteiger charge is 2.28. The number of anilines is 2. The highest BCUT2D eigenvalue weighted by Crippen LogP contribution is 2.26. The molecule has 0 aliphatic carbocycles. The third-order valence-electron chi connectivity index (χ3n) is 2.47. The Labute approximate surface area is 89.7 Å². The number of hydrogen-bond donors (Lipinski definition) is 1. The highest BCUT2D eigenvalue weighted by atomic mass is 32.2. The highest BCUT2D eigenvalue weighted by molar-refractivity contribution is 7.93. The molecule has 1 heterocycles. The number of nitrogen functional groups attached to an aromatic ring is 1. The van der Waals surface area contributed by atoms with Crippen LogP contribution < -0.4 is 10.0 Å². The fraction of sp³-hybridized carbons (Fsp3) is 0.400. The standard InChI is InChI=1S/C10H14N2O2S/c1-8-5-9(11)7-10(6-8)12-3-2-4-15(12,13)14/h5-7H,2-4,11H2,1H3. The van der Waals surface area contributed by atoms with E-state index in [2.05, 4.69) is 0 Å². The van der Waals surface area contributed by atoms with Crippen LogP contribution in [0.1, 0.15) is 12.0 Å². The van der Waals surface area contributed by atoms with E-state index in [0.717, 1.165) is 5.56 Å². The van der Waals surface area contributed by atoms with Crippen molar-refractivity contribution in [2.75, 3.05) is 22.3 Å². The molecule has 5 heteroatoms. The molecule has 2 rings (SSSR count). The van der Waals surface area contributed by atoms with Crippen LogP contribution in [0.25, 0.3) is 0 Å². The van der Waals surface area contributed by atoms with Crippen LogP contribution in [-0.4, -0.2) is 20.7 Å². The summed E-state index contributed by atoms with van der Waals surface area (Å²) in [6, 6.07) is 5.38. The van der Waals surface area contributed by atoms with Gasteiger partial charge in [-0.15, -0.1) is 0 Å². The van der Waals surface area contributed by atoms with E-state index in [1.807, 2.05) is 19.1 Å². The van der Waals surface area contributed by atoms with Crippen LogP contribution in [0.3, 0.4) is 0 Å². The molecular formula is C10H14N2O2S. The quantitative estimate of drug-likeness (QED) is 0.730. The Morgan fingerprint density at radius 1 is 1.33 bits per heavy atom. The maximum atomic E-state index is 11.7. The average molecular weight is 226 g/mol. The Hall–Kier alpha value is -1.23. The maximum absolute atomic E-state index is 11.7. The van der Waals surface area contributed by atoms with E-state index in [1.54, 1.807) is 6.07 Å². The van der Waals surface area contributed by atoms with Gasteiger partial charge in [0.1, 0.15) is 0 Å². The SMILES string of the molecule is Cc1cc(N)cc(N2CCCS2(=O)=O)c1. The van der Waals surface area contributed by atoms with Crippen LogP contribution in [-0.2, 0) is 10.0 Å². The van der Waals surface area contributed by atoms with Gasteiger partial charge in [-0.25, -0.2) is 8.42 Å². The van der Waals surface area contributed by atoms with Crippen molar-refractivity contribution in [2.24, 2.45) is 0 Å². The summed E-state index contributed by atoms with van der Waals surface area (Å²) in [5.41, 5.74) is 7.96. The van der Waals surface area contributed by atoms with Crippen molar-refractivity contribution in [3.8, 4) is 0 Å². The predicted molar refractivity (Wildman–Crippen MR) is 61.3 cm³/mol. The zero-order valence-corrected chi connectivity index (χ0v) is 9.42. The van der Waals surface area contributed by atoms with Crippen molar-refractivity contribution in [2.45, 2.75) is 13.3 Å². The summed E-state index contributed by atoms with van der Waals surface area (Å²) in [6.07, 6.45) is 0.691. The number of nitrogens with two attached hydrogens (primary N) is 1. The molecule has 1 aromatic rings. The molecule has 0 amide bonds. The van der Waals surface area contributed by atoms with Crippen molar-refractivity contribution >= 4 is 21.4 Å². The normalized spacial score (nSPS) is 19.4. The Morgan fingerprint density at radius 3 is 2.60 bits per heavy atom. The van der Waals surface area contributed by atoms with Crippen molar-refractivity contribution in [1.82, 2.24) is 0 Å². The van der Waals surface area contributed by atoms with E-state index in [9.17, 15) is 8.42 Å². The largest absolute Gasteiger partial charge is 0.399 e. The van der Waals surface area contributed by atoms with Crippen LogP contribution in [0.5, 0.6) is 0 Å². The fourth-order valence-electron chi connectivity index (χ4n) is 1.87. The van der Waals surface area contributed by atoms with Gasteiger partial charge < -0.3 is 5.73 Å². The summed E-state index contributed by atoms with van der Waals surface area (Å²) in [7, 11) is -3.10.